The molecule has 0 spiro atoms. The second-order valence-electron chi connectivity index (χ2n) is 6.64. The summed E-state index contributed by atoms with van der Waals surface area (Å²) in [6.45, 7) is 4.50. The van der Waals surface area contributed by atoms with Crippen molar-refractivity contribution >= 4 is 11.8 Å². The van der Waals surface area contributed by atoms with Gasteiger partial charge in [0.2, 0.25) is 11.8 Å². The molecule has 0 radical (unpaired) electrons. The lowest BCUT2D eigenvalue weighted by molar-refractivity contribution is -0.133. The maximum absolute atomic E-state index is 12.4. The number of amides is 2. The van der Waals surface area contributed by atoms with E-state index in [4.69, 9.17) is 4.74 Å². The largest absolute Gasteiger partial charge is 0.383 e. The monoisotopic (exact) mass is 325 g/mol. The molecular weight excluding hydrogens is 294 g/mol. The van der Waals surface area contributed by atoms with Crippen molar-refractivity contribution in [1.29, 1.82) is 0 Å². The molecule has 1 aliphatic heterocycles. The average molecular weight is 325 g/mol. The fourth-order valence-electron chi connectivity index (χ4n) is 3.49. The third-order valence-electron chi connectivity index (χ3n) is 4.90. The Morgan fingerprint density at radius 2 is 1.65 bits per heavy atom. The van der Waals surface area contributed by atoms with Crippen LogP contribution in [-0.2, 0) is 14.3 Å². The lowest BCUT2D eigenvalue weighted by Gasteiger charge is -2.23. The van der Waals surface area contributed by atoms with Crippen LogP contribution in [0.4, 0.5) is 0 Å². The van der Waals surface area contributed by atoms with Gasteiger partial charge >= 0.3 is 0 Å². The highest BCUT2D eigenvalue weighted by Crippen LogP contribution is 2.28. The smallest absolute Gasteiger partial charge is 0.236 e. The summed E-state index contributed by atoms with van der Waals surface area (Å²) in [7, 11) is 1.65. The van der Waals surface area contributed by atoms with E-state index >= 15 is 0 Å². The van der Waals surface area contributed by atoms with Gasteiger partial charge in [-0.05, 0) is 25.2 Å². The van der Waals surface area contributed by atoms with E-state index in [9.17, 15) is 9.59 Å². The third-order valence-corrected chi connectivity index (χ3v) is 4.90. The number of carbonyl (C=O) groups is 2. The number of hydrogen-bond donors (Lipinski definition) is 1. The predicted octanol–water partition coefficient (Wildman–Crippen LogP) is 0.864. The Balaban J connectivity index is 1.70. The second kappa shape index (κ2) is 9.88. The normalized spacial score (nSPS) is 19.9. The van der Waals surface area contributed by atoms with Gasteiger partial charge in [-0.15, -0.1) is 0 Å². The fraction of sp³-hybridized carbons (Fsp3) is 0.882. The molecule has 132 valence electrons. The van der Waals surface area contributed by atoms with E-state index in [0.29, 0.717) is 45.1 Å². The van der Waals surface area contributed by atoms with Crippen LogP contribution in [-0.4, -0.2) is 74.6 Å². The first-order chi connectivity index (χ1) is 11.2. The molecule has 0 aromatic carbocycles. The standard InChI is InChI=1S/C17H31N3O3/c1-23-12-7-18-14-17(22)20-9-4-8-19(10-11-20)16(21)13-15-5-2-3-6-15/h15,18H,2-14H2,1H3. The van der Waals surface area contributed by atoms with Gasteiger partial charge in [0.1, 0.15) is 0 Å². The van der Waals surface area contributed by atoms with E-state index in [1.54, 1.807) is 7.11 Å². The summed E-state index contributed by atoms with van der Waals surface area (Å²) >= 11 is 0. The zero-order chi connectivity index (χ0) is 16.5. The lowest BCUT2D eigenvalue weighted by atomic mass is 10.0. The molecule has 23 heavy (non-hydrogen) atoms. The van der Waals surface area contributed by atoms with E-state index in [1.807, 2.05) is 9.80 Å². The molecule has 2 aliphatic rings. The van der Waals surface area contributed by atoms with Gasteiger partial charge in [0, 0.05) is 46.3 Å². The SMILES string of the molecule is COCCNCC(=O)N1CCCN(C(=O)CC2CCCC2)CC1. The van der Waals surface area contributed by atoms with Crippen LogP contribution < -0.4 is 5.32 Å². The van der Waals surface area contributed by atoms with Crippen molar-refractivity contribution in [3.63, 3.8) is 0 Å². The summed E-state index contributed by atoms with van der Waals surface area (Å²) in [5, 5.41) is 3.09. The minimum atomic E-state index is 0.117. The van der Waals surface area contributed by atoms with Crippen molar-refractivity contribution in [2.75, 3.05) is 53.0 Å². The minimum absolute atomic E-state index is 0.117. The van der Waals surface area contributed by atoms with Crippen molar-refractivity contribution in [3.05, 3.63) is 0 Å². The second-order valence-corrected chi connectivity index (χ2v) is 6.64. The maximum Gasteiger partial charge on any atom is 0.236 e. The molecule has 1 saturated carbocycles. The van der Waals surface area contributed by atoms with Gasteiger partial charge in [-0.3, -0.25) is 9.59 Å². The fourth-order valence-corrected chi connectivity index (χ4v) is 3.49. The highest BCUT2D eigenvalue weighted by molar-refractivity contribution is 5.79. The van der Waals surface area contributed by atoms with Crippen LogP contribution in [0.5, 0.6) is 0 Å². The topological polar surface area (TPSA) is 61.9 Å². The van der Waals surface area contributed by atoms with E-state index in [-0.39, 0.29) is 11.8 Å². The van der Waals surface area contributed by atoms with Crippen LogP contribution in [0.2, 0.25) is 0 Å². The summed E-state index contributed by atoms with van der Waals surface area (Å²) < 4.78 is 4.95. The number of carbonyl (C=O) groups excluding carboxylic acids is 2. The molecule has 2 amide bonds. The molecule has 1 saturated heterocycles. The quantitative estimate of drug-likeness (QED) is 0.706. The van der Waals surface area contributed by atoms with Crippen LogP contribution in [0.1, 0.15) is 38.5 Å². The van der Waals surface area contributed by atoms with Crippen LogP contribution >= 0.6 is 0 Å². The van der Waals surface area contributed by atoms with E-state index in [0.717, 1.165) is 19.5 Å². The van der Waals surface area contributed by atoms with Crippen molar-refractivity contribution < 1.29 is 14.3 Å². The molecule has 1 heterocycles. The number of rotatable bonds is 7. The summed E-state index contributed by atoms with van der Waals surface area (Å²) in [5.41, 5.74) is 0. The highest BCUT2D eigenvalue weighted by Gasteiger charge is 2.25. The van der Waals surface area contributed by atoms with Gasteiger partial charge in [0.15, 0.2) is 0 Å². The number of nitrogens with zero attached hydrogens (tertiary/aromatic N) is 2. The average Bonchev–Trinajstić information content (AvgIpc) is 2.92. The molecule has 6 nitrogen and oxygen atoms in total. The van der Waals surface area contributed by atoms with E-state index < -0.39 is 0 Å². The molecule has 2 fully saturated rings. The van der Waals surface area contributed by atoms with Crippen molar-refractivity contribution in [2.24, 2.45) is 5.92 Å². The van der Waals surface area contributed by atoms with E-state index in [2.05, 4.69) is 5.32 Å². The molecular formula is C17H31N3O3. The summed E-state index contributed by atoms with van der Waals surface area (Å²) in [6, 6.07) is 0. The number of ether oxygens (including phenoxy) is 1. The molecule has 1 N–H and O–H groups in total. The molecule has 0 bridgehead atoms. The Kier molecular flexibility index (Phi) is 7.82. The Morgan fingerprint density at radius 3 is 2.30 bits per heavy atom. The summed E-state index contributed by atoms with van der Waals surface area (Å²) in [6.07, 6.45) is 6.54. The zero-order valence-corrected chi connectivity index (χ0v) is 14.4. The molecule has 0 atom stereocenters. The zero-order valence-electron chi connectivity index (χ0n) is 14.4. The van der Waals surface area contributed by atoms with Crippen LogP contribution in [0.25, 0.3) is 0 Å². The van der Waals surface area contributed by atoms with Gasteiger partial charge in [0.25, 0.3) is 0 Å². The molecule has 1 aliphatic carbocycles. The van der Waals surface area contributed by atoms with Gasteiger partial charge < -0.3 is 19.9 Å². The van der Waals surface area contributed by atoms with Gasteiger partial charge in [0.05, 0.1) is 13.2 Å². The third kappa shape index (κ3) is 6.11. The predicted molar refractivity (Wildman–Crippen MR) is 89.1 cm³/mol. The first kappa shape index (κ1) is 18.2. The highest BCUT2D eigenvalue weighted by atomic mass is 16.5. The number of nitrogens with one attached hydrogen (secondary N) is 1. The summed E-state index contributed by atoms with van der Waals surface area (Å²) in [5.74, 6) is 0.990. The lowest BCUT2D eigenvalue weighted by Crippen LogP contribution is -2.41. The molecule has 6 heteroatoms. The molecule has 0 aromatic heterocycles. The van der Waals surface area contributed by atoms with Gasteiger partial charge in [-0.1, -0.05) is 12.8 Å². The van der Waals surface area contributed by atoms with Crippen molar-refractivity contribution in [1.82, 2.24) is 15.1 Å². The van der Waals surface area contributed by atoms with E-state index in [1.165, 1.54) is 25.7 Å². The van der Waals surface area contributed by atoms with Crippen molar-refractivity contribution in [2.45, 2.75) is 38.5 Å². The summed E-state index contributed by atoms with van der Waals surface area (Å²) in [4.78, 5) is 28.5. The Hall–Kier alpha value is -1.14. The minimum Gasteiger partial charge on any atom is -0.383 e. The van der Waals surface area contributed by atoms with Crippen LogP contribution in [0.15, 0.2) is 0 Å². The number of methoxy groups -OCH3 is 1. The maximum atomic E-state index is 12.4. The molecule has 0 aromatic rings. The van der Waals surface area contributed by atoms with Gasteiger partial charge in [-0.25, -0.2) is 0 Å². The Morgan fingerprint density at radius 1 is 1.00 bits per heavy atom. The van der Waals surface area contributed by atoms with Crippen molar-refractivity contribution in [3.8, 4) is 0 Å². The van der Waals surface area contributed by atoms with Crippen LogP contribution in [0, 0.1) is 5.92 Å². The molecule has 0 unspecified atom stereocenters. The molecule has 2 rings (SSSR count). The first-order valence-electron chi connectivity index (χ1n) is 8.96. The first-order valence-corrected chi connectivity index (χ1v) is 8.96. The number of hydrogen-bond acceptors (Lipinski definition) is 4. The van der Waals surface area contributed by atoms with Crippen LogP contribution in [0.3, 0.4) is 0 Å². The Labute approximate surface area is 139 Å². The van der Waals surface area contributed by atoms with Gasteiger partial charge in [-0.2, -0.15) is 0 Å². The Bertz CT molecular complexity index is 383.